The van der Waals surface area contributed by atoms with E-state index in [1.165, 1.54) is 12.1 Å². The Morgan fingerprint density at radius 3 is 2.58 bits per heavy atom. The van der Waals surface area contributed by atoms with Gasteiger partial charge in [0, 0.05) is 40.6 Å². The number of hydrogen-bond acceptors (Lipinski definition) is 3. The second-order valence-corrected chi connectivity index (χ2v) is 4.17. The number of rotatable bonds is 3. The Morgan fingerprint density at radius 1 is 1.05 bits per heavy atom. The minimum Gasteiger partial charge on any atom is -0.361 e. The molecule has 3 rings (SSSR count). The molecule has 5 nitrogen and oxygen atoms in total. The van der Waals surface area contributed by atoms with E-state index in [4.69, 9.17) is 0 Å². The quantitative estimate of drug-likeness (QED) is 0.550. The number of benzene rings is 2. The van der Waals surface area contributed by atoms with E-state index in [0.29, 0.717) is 0 Å². The first-order chi connectivity index (χ1) is 9.24. The van der Waals surface area contributed by atoms with Crippen molar-refractivity contribution in [3.05, 3.63) is 64.8 Å². The van der Waals surface area contributed by atoms with Crippen LogP contribution in [0.3, 0.4) is 0 Å². The fourth-order valence-electron chi connectivity index (χ4n) is 2.02. The average molecular weight is 253 g/mol. The molecule has 0 amide bonds. The van der Waals surface area contributed by atoms with Crippen molar-refractivity contribution in [1.82, 2.24) is 4.98 Å². The van der Waals surface area contributed by atoms with Crippen LogP contribution >= 0.6 is 0 Å². The lowest BCUT2D eigenvalue weighted by Crippen LogP contribution is -1.92. The normalized spacial score (nSPS) is 10.5. The van der Waals surface area contributed by atoms with Crippen molar-refractivity contribution in [2.75, 3.05) is 5.32 Å². The molecule has 0 spiro atoms. The second kappa shape index (κ2) is 4.45. The molecule has 0 radical (unpaired) electrons. The number of nitrogens with zero attached hydrogens (tertiary/aromatic N) is 1. The number of aromatic amines is 1. The minimum absolute atomic E-state index is 0.0883. The number of hydrogen-bond donors (Lipinski definition) is 2. The Hall–Kier alpha value is -2.82. The predicted molar refractivity (Wildman–Crippen MR) is 74.7 cm³/mol. The van der Waals surface area contributed by atoms with Crippen LogP contribution in [0.25, 0.3) is 10.9 Å². The highest BCUT2D eigenvalue weighted by Crippen LogP contribution is 2.26. The third-order valence-corrected chi connectivity index (χ3v) is 2.95. The monoisotopic (exact) mass is 253 g/mol. The van der Waals surface area contributed by atoms with Crippen LogP contribution < -0.4 is 5.32 Å². The highest BCUT2D eigenvalue weighted by Gasteiger charge is 2.05. The number of nitro groups is 1. The van der Waals surface area contributed by atoms with Gasteiger partial charge >= 0.3 is 0 Å². The molecule has 1 heterocycles. The number of fused-ring (bicyclic) bond motifs is 1. The van der Waals surface area contributed by atoms with E-state index in [-0.39, 0.29) is 5.69 Å². The van der Waals surface area contributed by atoms with E-state index in [0.717, 1.165) is 22.3 Å². The summed E-state index contributed by atoms with van der Waals surface area (Å²) in [4.78, 5) is 13.3. The third kappa shape index (κ3) is 2.13. The summed E-state index contributed by atoms with van der Waals surface area (Å²) in [6.45, 7) is 0. The van der Waals surface area contributed by atoms with Gasteiger partial charge in [-0.15, -0.1) is 0 Å². The molecule has 0 aliphatic carbocycles. The molecule has 0 bridgehead atoms. The van der Waals surface area contributed by atoms with Gasteiger partial charge in [-0.3, -0.25) is 10.1 Å². The van der Waals surface area contributed by atoms with Gasteiger partial charge in [0.05, 0.1) is 4.92 Å². The number of anilines is 2. The van der Waals surface area contributed by atoms with Gasteiger partial charge in [-0.25, -0.2) is 0 Å². The van der Waals surface area contributed by atoms with Crippen LogP contribution in [0.4, 0.5) is 17.1 Å². The lowest BCUT2D eigenvalue weighted by Gasteiger charge is -2.07. The molecule has 0 fully saturated rings. The van der Waals surface area contributed by atoms with Crippen molar-refractivity contribution in [2.24, 2.45) is 0 Å². The molecule has 94 valence electrons. The van der Waals surface area contributed by atoms with Gasteiger partial charge in [0.2, 0.25) is 0 Å². The standard InChI is InChI=1S/C14H11N3O2/c18-17(19)11-6-4-10(5-7-11)16-14-3-1-2-13-12(14)8-9-15-13/h1-9,15-16H. The summed E-state index contributed by atoms with van der Waals surface area (Å²) in [6.07, 6.45) is 1.88. The number of nitrogens with one attached hydrogen (secondary N) is 2. The highest BCUT2D eigenvalue weighted by molar-refractivity contribution is 5.93. The lowest BCUT2D eigenvalue weighted by atomic mass is 10.2. The van der Waals surface area contributed by atoms with Gasteiger partial charge < -0.3 is 10.3 Å². The smallest absolute Gasteiger partial charge is 0.269 e. The van der Waals surface area contributed by atoms with Crippen molar-refractivity contribution in [1.29, 1.82) is 0 Å². The molecule has 0 saturated carbocycles. The van der Waals surface area contributed by atoms with E-state index < -0.39 is 4.92 Å². The maximum atomic E-state index is 10.6. The Kier molecular flexibility index (Phi) is 2.64. The van der Waals surface area contributed by atoms with Crippen LogP contribution in [-0.4, -0.2) is 9.91 Å². The van der Waals surface area contributed by atoms with Gasteiger partial charge in [-0.2, -0.15) is 0 Å². The molecule has 1 aromatic heterocycles. The van der Waals surface area contributed by atoms with Gasteiger partial charge in [-0.1, -0.05) is 6.07 Å². The zero-order valence-corrected chi connectivity index (χ0v) is 9.96. The van der Waals surface area contributed by atoms with Crippen LogP contribution in [0.1, 0.15) is 0 Å². The third-order valence-electron chi connectivity index (χ3n) is 2.95. The van der Waals surface area contributed by atoms with E-state index >= 15 is 0 Å². The zero-order valence-electron chi connectivity index (χ0n) is 9.96. The fourth-order valence-corrected chi connectivity index (χ4v) is 2.02. The molecular formula is C14H11N3O2. The Balaban J connectivity index is 1.92. The molecule has 2 aromatic carbocycles. The molecule has 3 aromatic rings. The molecule has 0 unspecified atom stereocenters. The van der Waals surface area contributed by atoms with Crippen LogP contribution in [-0.2, 0) is 0 Å². The first-order valence-corrected chi connectivity index (χ1v) is 5.81. The molecule has 0 aliphatic rings. The first kappa shape index (κ1) is 11.3. The number of non-ortho nitro benzene ring substituents is 1. The summed E-state index contributed by atoms with van der Waals surface area (Å²) in [6, 6.07) is 14.3. The van der Waals surface area contributed by atoms with E-state index in [1.807, 2.05) is 30.5 Å². The summed E-state index contributed by atoms with van der Waals surface area (Å²) in [5.74, 6) is 0. The summed E-state index contributed by atoms with van der Waals surface area (Å²) in [5, 5.41) is 14.9. The SMILES string of the molecule is O=[N+]([O-])c1ccc(Nc2cccc3[nH]ccc23)cc1. The molecular weight excluding hydrogens is 242 g/mol. The summed E-state index contributed by atoms with van der Waals surface area (Å²) in [7, 11) is 0. The summed E-state index contributed by atoms with van der Waals surface area (Å²) < 4.78 is 0. The van der Waals surface area contributed by atoms with Crippen molar-refractivity contribution in [3.8, 4) is 0 Å². The molecule has 2 N–H and O–H groups in total. The van der Waals surface area contributed by atoms with Crippen molar-refractivity contribution in [2.45, 2.75) is 0 Å². The van der Waals surface area contributed by atoms with Gasteiger partial charge in [-0.05, 0) is 30.3 Å². The largest absolute Gasteiger partial charge is 0.361 e. The van der Waals surface area contributed by atoms with E-state index in [2.05, 4.69) is 10.3 Å². The lowest BCUT2D eigenvalue weighted by molar-refractivity contribution is -0.384. The summed E-state index contributed by atoms with van der Waals surface area (Å²) >= 11 is 0. The molecule has 19 heavy (non-hydrogen) atoms. The van der Waals surface area contributed by atoms with Crippen molar-refractivity contribution in [3.63, 3.8) is 0 Å². The average Bonchev–Trinajstić information content (AvgIpc) is 2.89. The maximum absolute atomic E-state index is 10.6. The van der Waals surface area contributed by atoms with Gasteiger partial charge in [0.25, 0.3) is 5.69 Å². The predicted octanol–water partition coefficient (Wildman–Crippen LogP) is 3.82. The van der Waals surface area contributed by atoms with Gasteiger partial charge in [0.1, 0.15) is 0 Å². The fraction of sp³-hybridized carbons (Fsp3) is 0. The van der Waals surface area contributed by atoms with E-state index in [9.17, 15) is 10.1 Å². The Morgan fingerprint density at radius 2 is 1.84 bits per heavy atom. The molecule has 0 aliphatic heterocycles. The van der Waals surface area contributed by atoms with Crippen LogP contribution in [0.15, 0.2) is 54.7 Å². The van der Waals surface area contributed by atoms with Crippen LogP contribution in [0, 0.1) is 10.1 Å². The van der Waals surface area contributed by atoms with Crippen molar-refractivity contribution >= 4 is 28.0 Å². The van der Waals surface area contributed by atoms with E-state index in [1.54, 1.807) is 12.1 Å². The number of nitro benzene ring substituents is 1. The van der Waals surface area contributed by atoms with Gasteiger partial charge in [0.15, 0.2) is 0 Å². The zero-order chi connectivity index (χ0) is 13.2. The Bertz CT molecular complexity index is 732. The first-order valence-electron chi connectivity index (χ1n) is 5.81. The molecule has 5 heteroatoms. The van der Waals surface area contributed by atoms with Crippen molar-refractivity contribution < 1.29 is 4.92 Å². The van der Waals surface area contributed by atoms with Crippen LogP contribution in [0.2, 0.25) is 0 Å². The highest BCUT2D eigenvalue weighted by atomic mass is 16.6. The Labute approximate surface area is 109 Å². The molecule has 0 atom stereocenters. The summed E-state index contributed by atoms with van der Waals surface area (Å²) in [5.41, 5.74) is 2.92. The maximum Gasteiger partial charge on any atom is 0.269 e. The number of aromatic nitrogens is 1. The van der Waals surface area contributed by atoms with Crippen LogP contribution in [0.5, 0.6) is 0 Å². The minimum atomic E-state index is -0.406. The second-order valence-electron chi connectivity index (χ2n) is 4.17. The number of H-pyrrole nitrogens is 1. The topological polar surface area (TPSA) is 71.0 Å². The molecule has 0 saturated heterocycles.